The van der Waals surface area contributed by atoms with Crippen LogP contribution in [0.1, 0.15) is 12.8 Å². The molecule has 1 aliphatic heterocycles. The molecule has 2 amide bonds. The molecular weight excluding hydrogens is 316 g/mol. The van der Waals surface area contributed by atoms with Crippen LogP contribution in [0.15, 0.2) is 12.2 Å². The largest absolute Gasteiger partial charge is 0.449 e. The third-order valence-electron chi connectivity index (χ3n) is 3.40. The lowest BCUT2D eigenvalue weighted by Crippen LogP contribution is -2.37. The number of rotatable bonds is 4. The minimum absolute atomic E-state index is 0.276. The molecule has 134 valence electrons. The van der Waals surface area contributed by atoms with E-state index in [1.54, 1.807) is 19.0 Å². The average molecular weight is 346 g/mol. The van der Waals surface area contributed by atoms with Gasteiger partial charge in [0.2, 0.25) is 0 Å². The summed E-state index contributed by atoms with van der Waals surface area (Å²) in [5.41, 5.74) is 0. The molecule has 1 heterocycles. The van der Waals surface area contributed by atoms with Gasteiger partial charge in [0.25, 0.3) is 0 Å². The molecular formula is C16H30N2O4S. The summed E-state index contributed by atoms with van der Waals surface area (Å²) in [5.74, 6) is 0.912. The van der Waals surface area contributed by atoms with Crippen LogP contribution in [0.3, 0.4) is 0 Å². The van der Waals surface area contributed by atoms with Gasteiger partial charge in [0.05, 0.1) is 0 Å². The zero-order valence-electron chi connectivity index (χ0n) is 14.9. The lowest BCUT2D eigenvalue weighted by Gasteiger charge is -2.28. The summed E-state index contributed by atoms with van der Waals surface area (Å²) in [6.07, 6.45) is 10.8. The first-order valence-electron chi connectivity index (χ1n) is 7.81. The van der Waals surface area contributed by atoms with E-state index >= 15 is 0 Å². The minimum atomic E-state index is -0.663. The van der Waals surface area contributed by atoms with E-state index in [1.807, 2.05) is 12.2 Å². The number of carbonyl (C=O) groups is 2. The highest BCUT2D eigenvalue weighted by Crippen LogP contribution is 2.33. The second-order valence-corrected chi connectivity index (χ2v) is 11.3. The second-order valence-electron chi connectivity index (χ2n) is 6.72. The van der Waals surface area contributed by atoms with Crippen molar-refractivity contribution in [2.24, 2.45) is 0 Å². The highest BCUT2D eigenvalue weighted by atomic mass is 32.3. The van der Waals surface area contributed by atoms with Crippen molar-refractivity contribution in [2.75, 3.05) is 58.3 Å². The lowest BCUT2D eigenvalue weighted by molar-refractivity contribution is 0.0767. The van der Waals surface area contributed by atoms with Gasteiger partial charge in [-0.05, 0) is 31.3 Å². The Balaban J connectivity index is 2.46. The van der Waals surface area contributed by atoms with Gasteiger partial charge in [-0.3, -0.25) is 0 Å². The van der Waals surface area contributed by atoms with Gasteiger partial charge < -0.3 is 19.3 Å². The molecule has 0 N–H and O–H groups in total. The molecule has 0 aromatic heterocycles. The zero-order valence-corrected chi connectivity index (χ0v) is 15.7. The Morgan fingerprint density at radius 2 is 1.96 bits per heavy atom. The monoisotopic (exact) mass is 346 g/mol. The Labute approximate surface area is 141 Å². The standard InChI is InChI=1S/C16H30N2O4S/c1-17(2)15(19)22-14-8-6-7-10-18(11-9-14)16(20)21-12-13-23(3,4)5/h6,8,14H,7,9-13H2,1-5H3/b8-6+/t14-/m1/s1. The van der Waals surface area contributed by atoms with Crippen LogP contribution in [-0.2, 0) is 9.47 Å². The quantitative estimate of drug-likeness (QED) is 0.734. The third kappa shape index (κ3) is 8.16. The summed E-state index contributed by atoms with van der Waals surface area (Å²) in [4.78, 5) is 26.9. The van der Waals surface area contributed by atoms with Gasteiger partial charge in [-0.1, -0.05) is 6.08 Å². The number of hydrogen-bond donors (Lipinski definition) is 0. The smallest absolute Gasteiger partial charge is 0.409 e. The molecule has 1 rings (SSSR count). The van der Waals surface area contributed by atoms with Crippen molar-refractivity contribution < 1.29 is 19.1 Å². The number of carbonyl (C=O) groups excluding carboxylic acids is 2. The fourth-order valence-corrected chi connectivity index (χ4v) is 2.54. The van der Waals surface area contributed by atoms with Crippen molar-refractivity contribution in [3.8, 4) is 0 Å². The predicted molar refractivity (Wildman–Crippen MR) is 95.5 cm³/mol. The number of hydrogen-bond acceptors (Lipinski definition) is 4. The fourth-order valence-electron chi connectivity index (χ4n) is 1.96. The SMILES string of the molecule is CN(C)C(=O)O[C@@H]1/C=C/CCN(C(=O)OCCS(C)(C)C)CC1. The minimum Gasteiger partial charge on any atom is -0.449 e. The van der Waals surface area contributed by atoms with Crippen LogP contribution >= 0.6 is 10.0 Å². The van der Waals surface area contributed by atoms with Crippen LogP contribution in [0.25, 0.3) is 0 Å². The van der Waals surface area contributed by atoms with Gasteiger partial charge in [0, 0.05) is 39.4 Å². The highest BCUT2D eigenvalue weighted by molar-refractivity contribution is 8.32. The maximum atomic E-state index is 12.2. The van der Waals surface area contributed by atoms with Crippen molar-refractivity contribution in [1.82, 2.24) is 9.80 Å². The first-order chi connectivity index (χ1) is 10.7. The molecule has 0 bridgehead atoms. The van der Waals surface area contributed by atoms with E-state index in [2.05, 4.69) is 18.8 Å². The molecule has 0 aromatic rings. The van der Waals surface area contributed by atoms with E-state index in [9.17, 15) is 9.59 Å². The zero-order chi connectivity index (χ0) is 17.5. The van der Waals surface area contributed by atoms with E-state index < -0.39 is 10.0 Å². The highest BCUT2D eigenvalue weighted by Gasteiger charge is 2.20. The molecule has 0 radical (unpaired) electrons. The molecule has 1 aliphatic rings. The average Bonchev–Trinajstić information content (AvgIpc) is 2.40. The Morgan fingerprint density at radius 1 is 1.26 bits per heavy atom. The summed E-state index contributed by atoms with van der Waals surface area (Å²) in [5, 5.41) is 0. The van der Waals surface area contributed by atoms with Crippen molar-refractivity contribution in [1.29, 1.82) is 0 Å². The molecule has 0 spiro atoms. The first-order valence-corrected chi connectivity index (χ1v) is 10.8. The fraction of sp³-hybridized carbons (Fsp3) is 0.750. The van der Waals surface area contributed by atoms with Crippen molar-refractivity contribution >= 4 is 22.2 Å². The molecule has 0 aliphatic carbocycles. The van der Waals surface area contributed by atoms with Crippen molar-refractivity contribution in [3.05, 3.63) is 12.2 Å². The predicted octanol–water partition coefficient (Wildman–Crippen LogP) is 2.54. The summed E-state index contributed by atoms with van der Waals surface area (Å²) < 4.78 is 10.7. The van der Waals surface area contributed by atoms with Gasteiger partial charge in [0.15, 0.2) is 0 Å². The van der Waals surface area contributed by atoms with Crippen LogP contribution in [0.5, 0.6) is 0 Å². The second kappa shape index (κ2) is 9.05. The normalized spacial score (nSPS) is 20.9. The molecule has 6 nitrogen and oxygen atoms in total. The third-order valence-corrected chi connectivity index (χ3v) is 4.79. The van der Waals surface area contributed by atoms with Crippen LogP contribution in [-0.4, -0.2) is 86.4 Å². The van der Waals surface area contributed by atoms with Crippen molar-refractivity contribution in [2.45, 2.75) is 18.9 Å². The molecule has 0 saturated heterocycles. The topological polar surface area (TPSA) is 59.1 Å². The van der Waals surface area contributed by atoms with Gasteiger partial charge >= 0.3 is 12.2 Å². The van der Waals surface area contributed by atoms with Crippen LogP contribution in [0.2, 0.25) is 0 Å². The van der Waals surface area contributed by atoms with Crippen LogP contribution in [0, 0.1) is 0 Å². The van der Waals surface area contributed by atoms with Gasteiger partial charge in [0.1, 0.15) is 12.7 Å². The summed E-state index contributed by atoms with van der Waals surface area (Å²) in [6.45, 7) is 1.62. The molecule has 0 fully saturated rings. The van der Waals surface area contributed by atoms with E-state index in [-0.39, 0.29) is 18.3 Å². The van der Waals surface area contributed by atoms with E-state index in [0.717, 1.165) is 12.2 Å². The molecule has 7 heteroatoms. The summed E-state index contributed by atoms with van der Waals surface area (Å²) >= 11 is 0. The molecule has 1 atom stereocenters. The lowest BCUT2D eigenvalue weighted by atomic mass is 10.1. The molecule has 0 saturated carbocycles. The Kier molecular flexibility index (Phi) is 7.75. The number of ether oxygens (including phenoxy) is 2. The van der Waals surface area contributed by atoms with E-state index in [0.29, 0.717) is 26.1 Å². The van der Waals surface area contributed by atoms with Crippen LogP contribution in [0.4, 0.5) is 9.59 Å². The maximum absolute atomic E-state index is 12.2. The number of nitrogens with zero attached hydrogens (tertiary/aromatic N) is 2. The van der Waals surface area contributed by atoms with E-state index in [1.165, 1.54) is 4.90 Å². The molecule has 23 heavy (non-hydrogen) atoms. The molecule has 0 unspecified atom stereocenters. The van der Waals surface area contributed by atoms with E-state index in [4.69, 9.17) is 9.47 Å². The Bertz CT molecular complexity index is 432. The van der Waals surface area contributed by atoms with Gasteiger partial charge in [-0.2, -0.15) is 0 Å². The van der Waals surface area contributed by atoms with Crippen LogP contribution < -0.4 is 0 Å². The number of amides is 2. The maximum Gasteiger partial charge on any atom is 0.409 e. The first kappa shape index (κ1) is 19.7. The summed E-state index contributed by atoms with van der Waals surface area (Å²) in [7, 11) is 2.63. The Hall–Kier alpha value is -1.37. The summed E-state index contributed by atoms with van der Waals surface area (Å²) in [6, 6.07) is 0. The van der Waals surface area contributed by atoms with Crippen molar-refractivity contribution in [3.63, 3.8) is 0 Å². The van der Waals surface area contributed by atoms with Gasteiger partial charge in [-0.15, -0.1) is 0 Å². The molecule has 0 aromatic carbocycles. The van der Waals surface area contributed by atoms with Gasteiger partial charge in [-0.25, -0.2) is 19.6 Å². The Morgan fingerprint density at radius 3 is 2.57 bits per heavy atom.